The average Bonchev–Trinajstić information content (AvgIpc) is 2.80. The smallest absolute Gasteiger partial charge is 0.115 e. The number of hydrogen-bond donors (Lipinski definition) is 0. The third-order valence-corrected chi connectivity index (χ3v) is 3.92. The van der Waals surface area contributed by atoms with E-state index in [2.05, 4.69) is 80.8 Å². The van der Waals surface area contributed by atoms with E-state index < -0.39 is 0 Å². The van der Waals surface area contributed by atoms with Gasteiger partial charge in [-0.1, -0.05) is 57.2 Å². The van der Waals surface area contributed by atoms with Crippen molar-refractivity contribution in [2.75, 3.05) is 0 Å². The quantitative estimate of drug-likeness (QED) is 0.665. The minimum absolute atomic E-state index is 0.0295. The molecule has 0 spiro atoms. The molecule has 0 atom stereocenters. The van der Waals surface area contributed by atoms with Crippen LogP contribution in [0.3, 0.4) is 0 Å². The molecule has 21 heavy (non-hydrogen) atoms. The number of aryl methyl sites for hydroxylation is 1. The van der Waals surface area contributed by atoms with Crippen molar-refractivity contribution in [3.8, 4) is 0 Å². The van der Waals surface area contributed by atoms with Crippen LogP contribution in [0.1, 0.15) is 37.7 Å². The highest BCUT2D eigenvalue weighted by atomic mass is 15.1. The van der Waals surface area contributed by atoms with Crippen LogP contribution in [0.15, 0.2) is 48.5 Å². The van der Waals surface area contributed by atoms with E-state index in [0.29, 0.717) is 0 Å². The van der Waals surface area contributed by atoms with E-state index in [1.165, 1.54) is 16.6 Å². The molecule has 0 fully saturated rings. The van der Waals surface area contributed by atoms with Crippen molar-refractivity contribution >= 4 is 11.0 Å². The highest BCUT2D eigenvalue weighted by molar-refractivity contribution is 5.76. The second kappa shape index (κ2) is 5.03. The fraction of sp³-hybridized carbons (Fsp3) is 0.316. The molecule has 1 aromatic heterocycles. The fourth-order valence-electron chi connectivity index (χ4n) is 2.77. The lowest BCUT2D eigenvalue weighted by atomic mass is 9.95. The second-order valence-electron chi connectivity index (χ2n) is 6.69. The summed E-state index contributed by atoms with van der Waals surface area (Å²) in [5, 5.41) is 0. The SMILES string of the molecule is Cc1ccccc1Cn1c(C(C)(C)C)nc2ccccc21. The first-order valence-electron chi connectivity index (χ1n) is 7.47. The molecule has 0 unspecified atom stereocenters. The van der Waals surface area contributed by atoms with Crippen molar-refractivity contribution in [1.82, 2.24) is 9.55 Å². The predicted octanol–water partition coefficient (Wildman–Crippen LogP) is 4.69. The summed E-state index contributed by atoms with van der Waals surface area (Å²) in [6, 6.07) is 17.0. The first-order valence-corrected chi connectivity index (χ1v) is 7.47. The van der Waals surface area contributed by atoms with Crippen LogP contribution in [0.2, 0.25) is 0 Å². The van der Waals surface area contributed by atoms with Crippen LogP contribution < -0.4 is 0 Å². The van der Waals surface area contributed by atoms with Crippen LogP contribution in [0.25, 0.3) is 11.0 Å². The molecule has 3 aromatic rings. The number of fused-ring (bicyclic) bond motifs is 1. The zero-order valence-electron chi connectivity index (χ0n) is 13.2. The van der Waals surface area contributed by atoms with E-state index in [1.807, 2.05) is 0 Å². The van der Waals surface area contributed by atoms with Crippen LogP contribution in [-0.4, -0.2) is 9.55 Å². The minimum Gasteiger partial charge on any atom is -0.323 e. The maximum absolute atomic E-state index is 4.87. The monoisotopic (exact) mass is 278 g/mol. The molecular weight excluding hydrogens is 256 g/mol. The van der Waals surface area contributed by atoms with E-state index in [-0.39, 0.29) is 5.41 Å². The molecule has 2 heteroatoms. The lowest BCUT2D eigenvalue weighted by molar-refractivity contribution is 0.516. The van der Waals surface area contributed by atoms with E-state index >= 15 is 0 Å². The van der Waals surface area contributed by atoms with E-state index in [4.69, 9.17) is 4.98 Å². The van der Waals surface area contributed by atoms with Crippen molar-refractivity contribution in [3.63, 3.8) is 0 Å². The summed E-state index contributed by atoms with van der Waals surface area (Å²) in [4.78, 5) is 4.87. The van der Waals surface area contributed by atoms with E-state index in [9.17, 15) is 0 Å². The molecule has 0 N–H and O–H groups in total. The molecule has 0 bridgehead atoms. The van der Waals surface area contributed by atoms with Gasteiger partial charge in [0.2, 0.25) is 0 Å². The van der Waals surface area contributed by atoms with Crippen LogP contribution >= 0.6 is 0 Å². The molecule has 0 aliphatic carbocycles. The van der Waals surface area contributed by atoms with Gasteiger partial charge in [-0.2, -0.15) is 0 Å². The Labute approximate surface area is 126 Å². The normalized spacial score (nSPS) is 12.0. The van der Waals surface area contributed by atoms with Gasteiger partial charge in [0.15, 0.2) is 0 Å². The molecule has 0 radical (unpaired) electrons. The topological polar surface area (TPSA) is 17.8 Å². The third-order valence-electron chi connectivity index (χ3n) is 3.92. The van der Waals surface area contributed by atoms with Gasteiger partial charge >= 0.3 is 0 Å². The third kappa shape index (κ3) is 2.58. The number of para-hydroxylation sites is 2. The minimum atomic E-state index is 0.0295. The lowest BCUT2D eigenvalue weighted by Crippen LogP contribution is -2.19. The first-order chi connectivity index (χ1) is 9.97. The predicted molar refractivity (Wildman–Crippen MR) is 88.7 cm³/mol. The highest BCUT2D eigenvalue weighted by Crippen LogP contribution is 2.27. The largest absolute Gasteiger partial charge is 0.323 e. The molecule has 2 aromatic carbocycles. The van der Waals surface area contributed by atoms with E-state index in [1.54, 1.807) is 0 Å². The van der Waals surface area contributed by atoms with Crippen LogP contribution in [-0.2, 0) is 12.0 Å². The zero-order chi connectivity index (χ0) is 15.0. The average molecular weight is 278 g/mol. The summed E-state index contributed by atoms with van der Waals surface area (Å²) in [5.74, 6) is 1.15. The molecule has 3 rings (SSSR count). The standard InChI is InChI=1S/C19H22N2/c1-14-9-5-6-10-15(14)13-21-17-12-8-7-11-16(17)20-18(21)19(2,3)4/h5-12H,13H2,1-4H3. The Morgan fingerprint density at radius 3 is 2.33 bits per heavy atom. The van der Waals surface area contributed by atoms with Crippen molar-refractivity contribution in [1.29, 1.82) is 0 Å². The van der Waals surface area contributed by atoms with Gasteiger partial charge < -0.3 is 4.57 Å². The molecule has 1 heterocycles. The summed E-state index contributed by atoms with van der Waals surface area (Å²) in [6.45, 7) is 9.72. The molecular formula is C19H22N2. The van der Waals surface area contributed by atoms with Crippen molar-refractivity contribution < 1.29 is 0 Å². The van der Waals surface area contributed by atoms with Crippen LogP contribution in [0, 0.1) is 6.92 Å². The Balaban J connectivity index is 2.18. The van der Waals surface area contributed by atoms with Crippen LogP contribution in [0.4, 0.5) is 0 Å². The molecule has 0 aliphatic rings. The number of rotatable bonds is 2. The van der Waals surface area contributed by atoms with Gasteiger partial charge in [0.1, 0.15) is 5.82 Å². The summed E-state index contributed by atoms with van der Waals surface area (Å²) in [5.41, 5.74) is 5.00. The molecule has 108 valence electrons. The maximum atomic E-state index is 4.87. The lowest BCUT2D eigenvalue weighted by Gasteiger charge is -2.20. The van der Waals surface area contributed by atoms with Crippen molar-refractivity contribution in [2.45, 2.75) is 39.7 Å². The molecule has 0 amide bonds. The first kappa shape index (κ1) is 13.9. The Kier molecular flexibility index (Phi) is 3.32. The molecule has 2 nitrogen and oxygen atoms in total. The van der Waals surface area contributed by atoms with Gasteiger partial charge in [-0.05, 0) is 30.2 Å². The molecule has 0 saturated heterocycles. The highest BCUT2D eigenvalue weighted by Gasteiger charge is 2.22. The van der Waals surface area contributed by atoms with Gasteiger partial charge in [0, 0.05) is 12.0 Å². The second-order valence-corrected chi connectivity index (χ2v) is 6.69. The van der Waals surface area contributed by atoms with Crippen LogP contribution in [0.5, 0.6) is 0 Å². The van der Waals surface area contributed by atoms with Gasteiger partial charge in [0.05, 0.1) is 11.0 Å². The van der Waals surface area contributed by atoms with Gasteiger partial charge in [-0.15, -0.1) is 0 Å². The fourth-order valence-corrected chi connectivity index (χ4v) is 2.77. The Bertz CT molecular complexity index is 776. The number of hydrogen-bond acceptors (Lipinski definition) is 1. The number of aromatic nitrogens is 2. The van der Waals surface area contributed by atoms with E-state index in [0.717, 1.165) is 17.9 Å². The summed E-state index contributed by atoms with van der Waals surface area (Å²) in [7, 11) is 0. The van der Waals surface area contributed by atoms with Gasteiger partial charge in [-0.25, -0.2) is 4.98 Å². The van der Waals surface area contributed by atoms with Crippen molar-refractivity contribution in [2.24, 2.45) is 0 Å². The Morgan fingerprint density at radius 1 is 0.952 bits per heavy atom. The molecule has 0 saturated carbocycles. The number of nitrogens with zero attached hydrogens (tertiary/aromatic N) is 2. The summed E-state index contributed by atoms with van der Waals surface area (Å²) >= 11 is 0. The molecule has 0 aliphatic heterocycles. The van der Waals surface area contributed by atoms with Crippen molar-refractivity contribution in [3.05, 3.63) is 65.5 Å². The van der Waals surface area contributed by atoms with Gasteiger partial charge in [-0.3, -0.25) is 0 Å². The van der Waals surface area contributed by atoms with Gasteiger partial charge in [0.25, 0.3) is 0 Å². The summed E-state index contributed by atoms with van der Waals surface area (Å²) in [6.07, 6.45) is 0. The Hall–Kier alpha value is -2.09. The number of benzene rings is 2. The zero-order valence-corrected chi connectivity index (χ0v) is 13.2. The maximum Gasteiger partial charge on any atom is 0.115 e. The Morgan fingerprint density at radius 2 is 1.62 bits per heavy atom. The number of imidazole rings is 1. The summed E-state index contributed by atoms with van der Waals surface area (Å²) < 4.78 is 2.36.